The molecule has 158 valence electrons. The van der Waals surface area contributed by atoms with E-state index in [9.17, 15) is 24.1 Å². The van der Waals surface area contributed by atoms with E-state index in [4.69, 9.17) is 0 Å². The molecule has 1 heterocycles. The Balaban J connectivity index is 1.54. The van der Waals surface area contributed by atoms with Crippen molar-refractivity contribution in [3.8, 4) is 0 Å². The highest BCUT2D eigenvalue weighted by atomic mass is 19.1. The van der Waals surface area contributed by atoms with Crippen molar-refractivity contribution in [2.45, 2.75) is 33.2 Å². The van der Waals surface area contributed by atoms with Gasteiger partial charge in [0.05, 0.1) is 4.92 Å². The zero-order valence-electron chi connectivity index (χ0n) is 17.0. The number of amides is 2. The summed E-state index contributed by atoms with van der Waals surface area (Å²) in [5, 5.41) is 13.9. The van der Waals surface area contributed by atoms with Crippen LogP contribution in [0.3, 0.4) is 0 Å². The summed E-state index contributed by atoms with van der Waals surface area (Å²) in [6.45, 7) is 4.36. The lowest BCUT2D eigenvalue weighted by molar-refractivity contribution is -0.385. The standard InChI is InChI=1S/C22H24FN3O4/c1-14-3-5-16(11-19(14)23)13-24-21(27)17-7-9-25(10-8-17)22(28)18-6-4-15(2)20(12-18)26(29)30/h3-6,11-12,17H,7-10,13H2,1-2H3,(H,24,27). The van der Waals surface area contributed by atoms with Gasteiger partial charge < -0.3 is 10.2 Å². The van der Waals surface area contributed by atoms with Gasteiger partial charge in [0, 0.05) is 42.7 Å². The molecule has 2 aromatic carbocycles. The lowest BCUT2D eigenvalue weighted by Gasteiger charge is -2.31. The molecule has 7 nitrogen and oxygen atoms in total. The van der Waals surface area contributed by atoms with Crippen molar-refractivity contribution in [2.24, 2.45) is 5.92 Å². The summed E-state index contributed by atoms with van der Waals surface area (Å²) in [5.74, 6) is -0.914. The van der Waals surface area contributed by atoms with Crippen LogP contribution < -0.4 is 5.32 Å². The van der Waals surface area contributed by atoms with Gasteiger partial charge in [-0.2, -0.15) is 0 Å². The van der Waals surface area contributed by atoms with Gasteiger partial charge in [-0.25, -0.2) is 4.39 Å². The van der Waals surface area contributed by atoms with E-state index >= 15 is 0 Å². The number of halogens is 1. The molecular formula is C22H24FN3O4. The molecule has 2 aromatic rings. The second-order valence-electron chi connectivity index (χ2n) is 7.63. The molecule has 0 bridgehead atoms. The quantitative estimate of drug-likeness (QED) is 0.600. The molecule has 2 amide bonds. The first-order valence-electron chi connectivity index (χ1n) is 9.83. The van der Waals surface area contributed by atoms with Crippen LogP contribution in [0.25, 0.3) is 0 Å². The molecule has 1 saturated heterocycles. The van der Waals surface area contributed by atoms with Crippen molar-refractivity contribution in [3.05, 3.63) is 74.6 Å². The lowest BCUT2D eigenvalue weighted by atomic mass is 9.95. The van der Waals surface area contributed by atoms with Crippen LogP contribution in [0.5, 0.6) is 0 Å². The number of nitro benzene ring substituents is 1. The normalized spacial score (nSPS) is 14.4. The molecule has 1 fully saturated rings. The Bertz CT molecular complexity index is 984. The summed E-state index contributed by atoms with van der Waals surface area (Å²) in [4.78, 5) is 37.4. The molecule has 1 N–H and O–H groups in total. The highest BCUT2D eigenvalue weighted by molar-refractivity contribution is 5.95. The number of carbonyl (C=O) groups excluding carboxylic acids is 2. The molecule has 3 rings (SSSR count). The first kappa shape index (κ1) is 21.4. The Morgan fingerprint density at radius 2 is 1.80 bits per heavy atom. The lowest BCUT2D eigenvalue weighted by Crippen LogP contribution is -2.43. The van der Waals surface area contributed by atoms with Crippen LogP contribution in [0.15, 0.2) is 36.4 Å². The van der Waals surface area contributed by atoms with Crippen LogP contribution >= 0.6 is 0 Å². The van der Waals surface area contributed by atoms with Gasteiger partial charge in [-0.15, -0.1) is 0 Å². The molecule has 1 aliphatic heterocycles. The van der Waals surface area contributed by atoms with Gasteiger partial charge in [0.25, 0.3) is 11.6 Å². The first-order chi connectivity index (χ1) is 14.3. The maximum absolute atomic E-state index is 13.6. The minimum atomic E-state index is -0.497. The molecule has 0 unspecified atom stereocenters. The third kappa shape index (κ3) is 4.82. The maximum Gasteiger partial charge on any atom is 0.273 e. The molecule has 0 radical (unpaired) electrons. The van der Waals surface area contributed by atoms with Crippen molar-refractivity contribution in [2.75, 3.05) is 13.1 Å². The molecule has 30 heavy (non-hydrogen) atoms. The number of aryl methyl sites for hydroxylation is 2. The van der Waals surface area contributed by atoms with Crippen LogP contribution in [0.4, 0.5) is 10.1 Å². The Morgan fingerprint density at radius 3 is 2.43 bits per heavy atom. The number of nitrogens with one attached hydrogen (secondary N) is 1. The van der Waals surface area contributed by atoms with E-state index < -0.39 is 4.92 Å². The average molecular weight is 413 g/mol. The smallest absolute Gasteiger partial charge is 0.273 e. The van der Waals surface area contributed by atoms with E-state index in [1.165, 1.54) is 12.1 Å². The molecule has 0 atom stereocenters. The average Bonchev–Trinajstić information content (AvgIpc) is 2.74. The fraction of sp³-hybridized carbons (Fsp3) is 0.364. The predicted octanol–water partition coefficient (Wildman–Crippen LogP) is 3.52. The number of piperidine rings is 1. The fourth-order valence-electron chi connectivity index (χ4n) is 3.55. The van der Waals surface area contributed by atoms with Gasteiger partial charge >= 0.3 is 0 Å². The number of benzene rings is 2. The summed E-state index contributed by atoms with van der Waals surface area (Å²) in [6.07, 6.45) is 1.02. The topological polar surface area (TPSA) is 92.6 Å². The predicted molar refractivity (Wildman–Crippen MR) is 109 cm³/mol. The maximum atomic E-state index is 13.6. The summed E-state index contributed by atoms with van der Waals surface area (Å²) < 4.78 is 13.6. The highest BCUT2D eigenvalue weighted by Crippen LogP contribution is 2.23. The largest absolute Gasteiger partial charge is 0.352 e. The number of hydrogen-bond donors (Lipinski definition) is 1. The Kier molecular flexibility index (Phi) is 6.44. The van der Waals surface area contributed by atoms with Crippen molar-refractivity contribution >= 4 is 17.5 Å². The monoisotopic (exact) mass is 413 g/mol. The second-order valence-corrected chi connectivity index (χ2v) is 7.63. The molecule has 8 heteroatoms. The molecule has 0 aromatic heterocycles. The van der Waals surface area contributed by atoms with Gasteiger partial charge in [-0.3, -0.25) is 19.7 Å². The first-order valence-corrected chi connectivity index (χ1v) is 9.83. The van der Waals surface area contributed by atoms with Crippen molar-refractivity contribution in [3.63, 3.8) is 0 Å². The van der Waals surface area contributed by atoms with Crippen molar-refractivity contribution in [1.29, 1.82) is 0 Å². The third-order valence-electron chi connectivity index (χ3n) is 5.51. The second kappa shape index (κ2) is 9.02. The number of nitro groups is 1. The zero-order chi connectivity index (χ0) is 21.8. The summed E-state index contributed by atoms with van der Waals surface area (Å²) in [6, 6.07) is 9.33. The minimum absolute atomic E-state index is 0.0809. The Hall–Kier alpha value is -3.29. The van der Waals surface area contributed by atoms with Crippen LogP contribution in [-0.4, -0.2) is 34.7 Å². The van der Waals surface area contributed by atoms with E-state index in [0.717, 1.165) is 0 Å². The number of nitrogens with zero attached hydrogens (tertiary/aromatic N) is 2. The number of carbonyl (C=O) groups is 2. The minimum Gasteiger partial charge on any atom is -0.352 e. The number of likely N-dealkylation sites (tertiary alicyclic amines) is 1. The number of rotatable bonds is 5. The van der Waals surface area contributed by atoms with Crippen LogP contribution in [-0.2, 0) is 11.3 Å². The van der Waals surface area contributed by atoms with Crippen LogP contribution in [0.2, 0.25) is 0 Å². The summed E-state index contributed by atoms with van der Waals surface area (Å²) >= 11 is 0. The summed E-state index contributed by atoms with van der Waals surface area (Å²) in [5.41, 5.74) is 1.95. The van der Waals surface area contributed by atoms with Gasteiger partial charge in [-0.05, 0) is 49.9 Å². The molecular weight excluding hydrogens is 389 g/mol. The van der Waals surface area contributed by atoms with E-state index in [0.29, 0.717) is 42.6 Å². The molecule has 0 saturated carbocycles. The van der Waals surface area contributed by atoms with E-state index in [2.05, 4.69) is 5.32 Å². The SMILES string of the molecule is Cc1ccc(CNC(=O)C2CCN(C(=O)c3ccc(C)c([N+](=O)[O-])c3)CC2)cc1F. The van der Waals surface area contributed by atoms with Gasteiger partial charge in [0.15, 0.2) is 0 Å². The molecule has 0 spiro atoms. The summed E-state index contributed by atoms with van der Waals surface area (Å²) in [7, 11) is 0. The van der Waals surface area contributed by atoms with Gasteiger partial charge in [0.1, 0.15) is 5.82 Å². The van der Waals surface area contributed by atoms with Crippen molar-refractivity contribution in [1.82, 2.24) is 10.2 Å². The van der Waals surface area contributed by atoms with Gasteiger partial charge in [0.2, 0.25) is 5.91 Å². The van der Waals surface area contributed by atoms with Crippen LogP contribution in [0, 0.1) is 35.7 Å². The molecule has 0 aliphatic carbocycles. The highest BCUT2D eigenvalue weighted by Gasteiger charge is 2.28. The molecule has 1 aliphatic rings. The van der Waals surface area contributed by atoms with E-state index in [1.54, 1.807) is 43.0 Å². The zero-order valence-corrected chi connectivity index (χ0v) is 17.0. The Morgan fingerprint density at radius 1 is 1.13 bits per heavy atom. The van der Waals surface area contributed by atoms with Crippen LogP contribution in [0.1, 0.15) is 39.9 Å². The van der Waals surface area contributed by atoms with E-state index in [1.807, 2.05) is 0 Å². The van der Waals surface area contributed by atoms with E-state index in [-0.39, 0.29) is 41.3 Å². The van der Waals surface area contributed by atoms with Gasteiger partial charge in [-0.1, -0.05) is 18.2 Å². The number of hydrogen-bond acceptors (Lipinski definition) is 4. The fourth-order valence-corrected chi connectivity index (χ4v) is 3.55. The Labute approximate surface area is 174 Å². The third-order valence-corrected chi connectivity index (χ3v) is 5.51. The van der Waals surface area contributed by atoms with Crippen molar-refractivity contribution < 1.29 is 18.9 Å².